The second-order valence-electron chi connectivity index (χ2n) is 3.15. The Balaban J connectivity index is 2.97. The third kappa shape index (κ3) is 3.13. The van der Waals surface area contributed by atoms with Gasteiger partial charge in [0.1, 0.15) is 0 Å². The van der Waals surface area contributed by atoms with Crippen molar-refractivity contribution in [1.29, 1.82) is 0 Å². The van der Waals surface area contributed by atoms with Crippen LogP contribution in [0.3, 0.4) is 0 Å². The average molecular weight is 209 g/mol. The zero-order valence-corrected chi connectivity index (χ0v) is 9.45. The summed E-state index contributed by atoms with van der Waals surface area (Å²) in [6.07, 6.45) is 0.816. The highest BCUT2D eigenvalue weighted by Gasteiger charge is 2.09. The second-order valence-corrected chi connectivity index (χ2v) is 3.15. The molecular weight excluding hydrogens is 190 g/mol. The fourth-order valence-corrected chi connectivity index (χ4v) is 1.49. The summed E-state index contributed by atoms with van der Waals surface area (Å²) in [6, 6.07) is 5.92. The molecule has 1 aromatic carbocycles. The van der Waals surface area contributed by atoms with Gasteiger partial charge in [-0.25, -0.2) is 0 Å². The van der Waals surface area contributed by atoms with E-state index < -0.39 is 0 Å². The highest BCUT2D eigenvalue weighted by molar-refractivity contribution is 5.46. The minimum Gasteiger partial charge on any atom is -0.490 e. The van der Waals surface area contributed by atoms with Gasteiger partial charge in [0, 0.05) is 0 Å². The standard InChI is InChI=1S/C12H19NO2/c1-3-14-11-7-5-6-10(8-9-13)12(11)15-4-2/h5-7H,3-4,8-9,13H2,1-2H3. The maximum atomic E-state index is 5.59. The normalized spacial score (nSPS) is 10.1. The van der Waals surface area contributed by atoms with Crippen LogP contribution in [0.15, 0.2) is 18.2 Å². The molecule has 0 heterocycles. The van der Waals surface area contributed by atoms with Crippen LogP contribution < -0.4 is 15.2 Å². The molecule has 0 bridgehead atoms. The van der Waals surface area contributed by atoms with E-state index in [0.717, 1.165) is 23.5 Å². The number of ether oxygens (including phenoxy) is 2. The van der Waals surface area contributed by atoms with Crippen molar-refractivity contribution < 1.29 is 9.47 Å². The van der Waals surface area contributed by atoms with Gasteiger partial charge in [0.15, 0.2) is 11.5 Å². The summed E-state index contributed by atoms with van der Waals surface area (Å²) in [5.74, 6) is 1.65. The molecule has 3 heteroatoms. The van der Waals surface area contributed by atoms with Crippen molar-refractivity contribution in [3.05, 3.63) is 23.8 Å². The van der Waals surface area contributed by atoms with Gasteiger partial charge < -0.3 is 15.2 Å². The van der Waals surface area contributed by atoms with E-state index in [2.05, 4.69) is 0 Å². The van der Waals surface area contributed by atoms with E-state index in [4.69, 9.17) is 15.2 Å². The first-order chi connectivity index (χ1) is 7.33. The molecule has 0 atom stereocenters. The van der Waals surface area contributed by atoms with E-state index in [1.165, 1.54) is 0 Å². The lowest BCUT2D eigenvalue weighted by Gasteiger charge is -2.14. The fourth-order valence-electron chi connectivity index (χ4n) is 1.49. The van der Waals surface area contributed by atoms with Gasteiger partial charge in [-0.05, 0) is 38.4 Å². The Hall–Kier alpha value is -1.22. The summed E-state index contributed by atoms with van der Waals surface area (Å²) in [4.78, 5) is 0. The highest BCUT2D eigenvalue weighted by Crippen LogP contribution is 2.31. The van der Waals surface area contributed by atoms with Gasteiger partial charge in [0.25, 0.3) is 0 Å². The molecule has 0 aromatic heterocycles. The van der Waals surface area contributed by atoms with Crippen molar-refractivity contribution in [2.75, 3.05) is 19.8 Å². The maximum Gasteiger partial charge on any atom is 0.164 e. The van der Waals surface area contributed by atoms with Gasteiger partial charge >= 0.3 is 0 Å². The van der Waals surface area contributed by atoms with E-state index in [9.17, 15) is 0 Å². The van der Waals surface area contributed by atoms with Crippen molar-refractivity contribution in [3.63, 3.8) is 0 Å². The molecule has 84 valence electrons. The quantitative estimate of drug-likeness (QED) is 0.779. The van der Waals surface area contributed by atoms with Gasteiger partial charge in [-0.3, -0.25) is 0 Å². The molecule has 0 saturated heterocycles. The molecule has 1 rings (SSSR count). The maximum absolute atomic E-state index is 5.59. The van der Waals surface area contributed by atoms with Crippen LogP contribution in [0.4, 0.5) is 0 Å². The Morgan fingerprint density at radius 2 is 1.87 bits per heavy atom. The molecular formula is C12H19NO2. The SMILES string of the molecule is CCOc1cccc(CCN)c1OCC. The topological polar surface area (TPSA) is 44.5 Å². The molecule has 15 heavy (non-hydrogen) atoms. The van der Waals surface area contributed by atoms with Gasteiger partial charge in [-0.2, -0.15) is 0 Å². The lowest BCUT2D eigenvalue weighted by molar-refractivity contribution is 0.285. The summed E-state index contributed by atoms with van der Waals surface area (Å²) >= 11 is 0. The lowest BCUT2D eigenvalue weighted by Crippen LogP contribution is -2.06. The minimum absolute atomic E-state index is 0.621. The third-order valence-electron chi connectivity index (χ3n) is 2.06. The van der Waals surface area contributed by atoms with E-state index in [-0.39, 0.29) is 0 Å². The van der Waals surface area contributed by atoms with Gasteiger partial charge in [0.05, 0.1) is 13.2 Å². The molecule has 0 amide bonds. The Kier molecular flexibility index (Phi) is 4.98. The number of nitrogens with two attached hydrogens (primary N) is 1. The largest absolute Gasteiger partial charge is 0.490 e. The molecule has 0 unspecified atom stereocenters. The van der Waals surface area contributed by atoms with Gasteiger partial charge in [-0.1, -0.05) is 12.1 Å². The summed E-state index contributed by atoms with van der Waals surface area (Å²) in [5, 5.41) is 0. The van der Waals surface area contributed by atoms with Crippen molar-refractivity contribution in [3.8, 4) is 11.5 Å². The summed E-state index contributed by atoms with van der Waals surface area (Å²) < 4.78 is 11.1. The lowest BCUT2D eigenvalue weighted by atomic mass is 10.1. The second kappa shape index (κ2) is 6.30. The first-order valence-corrected chi connectivity index (χ1v) is 5.41. The molecule has 0 aliphatic rings. The van der Waals surface area contributed by atoms with Crippen LogP contribution in [0.2, 0.25) is 0 Å². The van der Waals surface area contributed by atoms with Crippen LogP contribution in [0.5, 0.6) is 11.5 Å². The van der Waals surface area contributed by atoms with Gasteiger partial charge in [0.2, 0.25) is 0 Å². The fraction of sp³-hybridized carbons (Fsp3) is 0.500. The zero-order chi connectivity index (χ0) is 11.1. The molecule has 0 fully saturated rings. The van der Waals surface area contributed by atoms with Crippen molar-refractivity contribution >= 4 is 0 Å². The predicted molar refractivity (Wildman–Crippen MR) is 61.5 cm³/mol. The van der Waals surface area contributed by atoms with Crippen molar-refractivity contribution in [1.82, 2.24) is 0 Å². The molecule has 3 nitrogen and oxygen atoms in total. The number of benzene rings is 1. The Bertz CT molecular complexity index is 275. The summed E-state index contributed by atoms with van der Waals surface area (Å²) in [7, 11) is 0. The smallest absolute Gasteiger partial charge is 0.164 e. The van der Waals surface area contributed by atoms with E-state index in [1.54, 1.807) is 0 Å². The monoisotopic (exact) mass is 209 g/mol. The Morgan fingerprint density at radius 3 is 2.47 bits per heavy atom. The van der Waals surface area contributed by atoms with E-state index in [0.29, 0.717) is 19.8 Å². The van der Waals surface area contributed by atoms with Crippen LogP contribution in [0, 0.1) is 0 Å². The van der Waals surface area contributed by atoms with Crippen LogP contribution in [-0.2, 0) is 6.42 Å². The highest BCUT2D eigenvalue weighted by atomic mass is 16.5. The Labute approximate surface area is 91.2 Å². The summed E-state index contributed by atoms with van der Waals surface area (Å²) in [5.41, 5.74) is 6.67. The van der Waals surface area contributed by atoms with Crippen LogP contribution in [0.1, 0.15) is 19.4 Å². The predicted octanol–water partition coefficient (Wildman–Crippen LogP) is 1.99. The zero-order valence-electron chi connectivity index (χ0n) is 9.45. The average Bonchev–Trinajstić information content (AvgIpc) is 2.23. The Morgan fingerprint density at radius 1 is 1.13 bits per heavy atom. The van der Waals surface area contributed by atoms with Crippen LogP contribution in [-0.4, -0.2) is 19.8 Å². The molecule has 1 aromatic rings. The minimum atomic E-state index is 0.621. The van der Waals surface area contributed by atoms with E-state index in [1.807, 2.05) is 32.0 Å². The van der Waals surface area contributed by atoms with E-state index >= 15 is 0 Å². The van der Waals surface area contributed by atoms with Gasteiger partial charge in [-0.15, -0.1) is 0 Å². The number of rotatable bonds is 6. The molecule has 0 aliphatic heterocycles. The summed E-state index contributed by atoms with van der Waals surface area (Å²) in [6.45, 7) is 5.84. The molecule has 0 saturated carbocycles. The molecule has 0 aliphatic carbocycles. The van der Waals surface area contributed by atoms with Crippen LogP contribution >= 0.6 is 0 Å². The van der Waals surface area contributed by atoms with Crippen molar-refractivity contribution in [2.45, 2.75) is 20.3 Å². The first kappa shape index (κ1) is 11.9. The van der Waals surface area contributed by atoms with Crippen LogP contribution in [0.25, 0.3) is 0 Å². The number of hydrogen-bond acceptors (Lipinski definition) is 3. The third-order valence-corrected chi connectivity index (χ3v) is 2.06. The number of hydrogen-bond donors (Lipinski definition) is 1. The first-order valence-electron chi connectivity index (χ1n) is 5.41. The molecule has 0 radical (unpaired) electrons. The molecule has 2 N–H and O–H groups in total. The molecule has 0 spiro atoms. The van der Waals surface area contributed by atoms with Crippen molar-refractivity contribution in [2.24, 2.45) is 5.73 Å². The number of para-hydroxylation sites is 1.